The third-order valence-electron chi connectivity index (χ3n) is 5.27. The maximum absolute atomic E-state index is 12.6. The van der Waals surface area contributed by atoms with Crippen LogP contribution in [-0.2, 0) is 0 Å². The van der Waals surface area contributed by atoms with Crippen LogP contribution in [0.4, 0.5) is 5.13 Å². The highest BCUT2D eigenvalue weighted by Crippen LogP contribution is 2.31. The van der Waals surface area contributed by atoms with E-state index in [1.807, 2.05) is 66.0 Å². The molecule has 0 fully saturated rings. The number of aromatic nitrogens is 1. The molecule has 0 aliphatic carbocycles. The molecule has 4 aromatic carbocycles. The normalized spacial score (nSPS) is 10.7. The van der Waals surface area contributed by atoms with Gasteiger partial charge in [0.15, 0.2) is 10.2 Å². The molecule has 0 saturated carbocycles. The molecule has 5 rings (SSSR count). The number of carbonyl (C=O) groups is 1. The number of rotatable bonds is 4. The monoisotopic (exact) mass is 465 g/mol. The van der Waals surface area contributed by atoms with Gasteiger partial charge in [-0.3, -0.25) is 10.1 Å². The average Bonchev–Trinajstić information content (AvgIpc) is 3.32. The first-order chi connectivity index (χ1) is 16.2. The average molecular weight is 466 g/mol. The third-order valence-corrected chi connectivity index (χ3v) is 6.23. The molecule has 4 nitrogen and oxygen atoms in total. The van der Waals surface area contributed by atoms with Gasteiger partial charge in [-0.1, -0.05) is 84.9 Å². The Morgan fingerprint density at radius 3 is 2.30 bits per heavy atom. The second kappa shape index (κ2) is 9.32. The third kappa shape index (κ3) is 4.67. The summed E-state index contributed by atoms with van der Waals surface area (Å²) in [6.07, 6.45) is 0. The number of benzene rings is 4. The fourth-order valence-corrected chi connectivity index (χ4v) is 4.62. The van der Waals surface area contributed by atoms with Crippen molar-refractivity contribution in [3.63, 3.8) is 0 Å². The van der Waals surface area contributed by atoms with E-state index < -0.39 is 0 Å². The summed E-state index contributed by atoms with van der Waals surface area (Å²) < 4.78 is 0. The molecule has 2 N–H and O–H groups in total. The van der Waals surface area contributed by atoms with E-state index in [1.165, 1.54) is 16.7 Å². The zero-order valence-corrected chi connectivity index (χ0v) is 19.1. The Morgan fingerprint density at radius 1 is 0.788 bits per heavy atom. The number of carbonyl (C=O) groups excluding carboxylic acids is 1. The van der Waals surface area contributed by atoms with E-state index in [1.54, 1.807) is 12.1 Å². The summed E-state index contributed by atoms with van der Waals surface area (Å²) in [6, 6.07) is 31.9. The number of nitrogens with one attached hydrogen (secondary N) is 2. The quantitative estimate of drug-likeness (QED) is 0.288. The molecule has 0 saturated heterocycles. The maximum Gasteiger partial charge on any atom is 0.257 e. The number of thiocarbonyl (C=S) groups is 1. The molecule has 6 heteroatoms. The van der Waals surface area contributed by atoms with Gasteiger partial charge in [0.1, 0.15) is 0 Å². The first-order valence-electron chi connectivity index (χ1n) is 10.4. The minimum Gasteiger partial charge on any atom is -0.308 e. The first-order valence-corrected chi connectivity index (χ1v) is 11.7. The lowest BCUT2D eigenvalue weighted by atomic mass is 10.0. The summed E-state index contributed by atoms with van der Waals surface area (Å²) in [6.45, 7) is 0. The number of nitrogens with zero attached hydrogens (tertiary/aromatic N) is 1. The molecular weight excluding hydrogens is 446 g/mol. The van der Waals surface area contributed by atoms with Gasteiger partial charge >= 0.3 is 0 Å². The van der Waals surface area contributed by atoms with Gasteiger partial charge in [0.25, 0.3) is 5.91 Å². The van der Waals surface area contributed by atoms with Gasteiger partial charge in [-0.05, 0) is 46.2 Å². The zero-order valence-electron chi connectivity index (χ0n) is 17.5. The number of hydrogen-bond acceptors (Lipinski definition) is 4. The minimum absolute atomic E-state index is 0.214. The van der Waals surface area contributed by atoms with Gasteiger partial charge in [0.05, 0.1) is 5.69 Å². The van der Waals surface area contributed by atoms with E-state index in [0.29, 0.717) is 10.7 Å². The van der Waals surface area contributed by atoms with Crippen molar-refractivity contribution in [1.82, 2.24) is 10.3 Å². The molecule has 0 radical (unpaired) electrons. The van der Waals surface area contributed by atoms with Crippen molar-refractivity contribution in [3.05, 3.63) is 108 Å². The van der Waals surface area contributed by atoms with Gasteiger partial charge in [0.2, 0.25) is 0 Å². The van der Waals surface area contributed by atoms with Crippen molar-refractivity contribution in [1.29, 1.82) is 0 Å². The number of hydrogen-bond donors (Lipinski definition) is 2. The Bertz CT molecular complexity index is 1440. The number of thiazole rings is 1. The molecule has 33 heavy (non-hydrogen) atoms. The van der Waals surface area contributed by atoms with Crippen LogP contribution in [-0.4, -0.2) is 16.0 Å². The summed E-state index contributed by atoms with van der Waals surface area (Å²) in [7, 11) is 0. The summed E-state index contributed by atoms with van der Waals surface area (Å²) in [5.74, 6) is -0.266. The zero-order chi connectivity index (χ0) is 22.6. The van der Waals surface area contributed by atoms with Gasteiger partial charge in [-0.15, -0.1) is 11.3 Å². The Hall–Kier alpha value is -3.87. The Morgan fingerprint density at radius 2 is 1.48 bits per heavy atom. The Labute approximate surface area is 200 Å². The largest absolute Gasteiger partial charge is 0.308 e. The van der Waals surface area contributed by atoms with Crippen LogP contribution < -0.4 is 10.6 Å². The summed E-state index contributed by atoms with van der Waals surface area (Å²) >= 11 is 6.78. The Kier molecular flexibility index (Phi) is 5.93. The van der Waals surface area contributed by atoms with Gasteiger partial charge in [-0.2, -0.15) is 0 Å². The van der Waals surface area contributed by atoms with E-state index in [4.69, 9.17) is 12.2 Å². The van der Waals surface area contributed by atoms with Crippen LogP contribution in [0.25, 0.3) is 33.2 Å². The van der Waals surface area contributed by atoms with Crippen molar-refractivity contribution >= 4 is 50.5 Å². The van der Waals surface area contributed by atoms with Crippen molar-refractivity contribution in [2.45, 2.75) is 0 Å². The second-order valence-corrected chi connectivity index (χ2v) is 8.68. The van der Waals surface area contributed by atoms with Gasteiger partial charge < -0.3 is 5.32 Å². The lowest BCUT2D eigenvalue weighted by Gasteiger charge is -2.08. The highest BCUT2D eigenvalue weighted by Gasteiger charge is 2.12. The van der Waals surface area contributed by atoms with Crippen molar-refractivity contribution in [3.8, 4) is 22.4 Å². The molecule has 0 aliphatic rings. The second-order valence-electron chi connectivity index (χ2n) is 7.42. The van der Waals surface area contributed by atoms with Crippen LogP contribution in [0.2, 0.25) is 0 Å². The van der Waals surface area contributed by atoms with Crippen LogP contribution >= 0.6 is 23.6 Å². The predicted molar refractivity (Wildman–Crippen MR) is 141 cm³/mol. The predicted octanol–water partition coefficient (Wildman–Crippen LogP) is 6.76. The van der Waals surface area contributed by atoms with Crippen LogP contribution in [0.1, 0.15) is 10.4 Å². The van der Waals surface area contributed by atoms with E-state index >= 15 is 0 Å². The van der Waals surface area contributed by atoms with Crippen molar-refractivity contribution in [2.75, 3.05) is 5.32 Å². The summed E-state index contributed by atoms with van der Waals surface area (Å²) in [4.78, 5) is 17.3. The van der Waals surface area contributed by atoms with Crippen LogP contribution in [0.15, 0.2) is 102 Å². The van der Waals surface area contributed by atoms with E-state index in [-0.39, 0.29) is 11.0 Å². The number of fused-ring (bicyclic) bond motifs is 1. The lowest BCUT2D eigenvalue weighted by molar-refractivity contribution is 0.0978. The van der Waals surface area contributed by atoms with Crippen LogP contribution in [0.3, 0.4) is 0 Å². The Balaban J connectivity index is 1.25. The molecule has 160 valence electrons. The fourth-order valence-electron chi connectivity index (χ4n) is 3.65. The molecule has 0 unspecified atom stereocenters. The summed E-state index contributed by atoms with van der Waals surface area (Å²) in [5, 5.41) is 10.9. The standard InChI is InChI=1S/C27H19N3OS2/c31-25(21-15-13-19(14-16-21)18-7-2-1-3-8-18)29-26(32)30-27-28-24(17-33-27)23-12-6-10-20-9-4-5-11-22(20)23/h1-17H,(H2,28,29,30,31,32). The molecule has 0 atom stereocenters. The first kappa shape index (κ1) is 21.0. The highest BCUT2D eigenvalue weighted by molar-refractivity contribution is 7.80. The van der Waals surface area contributed by atoms with Gasteiger partial charge in [0, 0.05) is 16.5 Å². The highest BCUT2D eigenvalue weighted by atomic mass is 32.1. The number of amides is 1. The number of anilines is 1. The molecule has 1 aromatic heterocycles. The summed E-state index contributed by atoms with van der Waals surface area (Å²) in [5.41, 5.74) is 4.62. The van der Waals surface area contributed by atoms with Crippen LogP contribution in [0, 0.1) is 0 Å². The maximum atomic E-state index is 12.6. The molecule has 0 aliphatic heterocycles. The molecule has 0 spiro atoms. The van der Waals surface area contributed by atoms with Crippen molar-refractivity contribution < 1.29 is 4.79 Å². The molecule has 1 amide bonds. The lowest BCUT2D eigenvalue weighted by Crippen LogP contribution is -2.34. The van der Waals surface area contributed by atoms with Crippen molar-refractivity contribution in [2.24, 2.45) is 0 Å². The SMILES string of the molecule is O=C(NC(=S)Nc1nc(-c2cccc3ccccc23)cs1)c1ccc(-c2ccccc2)cc1. The molecule has 1 heterocycles. The smallest absolute Gasteiger partial charge is 0.257 e. The minimum atomic E-state index is -0.266. The van der Waals surface area contributed by atoms with E-state index in [2.05, 4.69) is 39.9 Å². The molecule has 5 aromatic rings. The van der Waals surface area contributed by atoms with E-state index in [9.17, 15) is 4.79 Å². The molecule has 0 bridgehead atoms. The van der Waals surface area contributed by atoms with E-state index in [0.717, 1.165) is 27.8 Å². The molecular formula is C27H19N3OS2. The fraction of sp³-hybridized carbons (Fsp3) is 0. The van der Waals surface area contributed by atoms with Crippen LogP contribution in [0.5, 0.6) is 0 Å². The van der Waals surface area contributed by atoms with Gasteiger partial charge in [-0.25, -0.2) is 4.98 Å². The topological polar surface area (TPSA) is 54.0 Å².